The van der Waals surface area contributed by atoms with Gasteiger partial charge in [0.25, 0.3) is 0 Å². The highest BCUT2D eigenvalue weighted by molar-refractivity contribution is 5.75. The normalized spacial score (nSPS) is 9.73. The van der Waals surface area contributed by atoms with Crippen molar-refractivity contribution in [1.29, 1.82) is 0 Å². The molecule has 0 aliphatic heterocycles. The maximum Gasteiger partial charge on any atom is 0.129 e. The molecule has 0 radical (unpaired) electrons. The van der Waals surface area contributed by atoms with E-state index in [9.17, 15) is 4.79 Å². The molecule has 0 aromatic carbocycles. The average Bonchev–Trinajstić information content (AvgIpc) is 2.15. The Bertz CT molecular complexity index is 143. The van der Waals surface area contributed by atoms with Crippen molar-refractivity contribution >= 4 is 5.78 Å². The topological polar surface area (TPSA) is 38.3 Å². The third kappa shape index (κ3) is 16.3. The highest BCUT2D eigenvalue weighted by Crippen LogP contribution is 1.96. The van der Waals surface area contributed by atoms with E-state index in [0.717, 1.165) is 45.6 Å². The molecule has 0 aromatic rings. The number of Topliss-reactive ketones (excluding diaryl/α,β-unsaturated/α-hetero) is 1. The first-order valence-corrected chi connectivity index (χ1v) is 5.55. The molecule has 1 N–H and O–H groups in total. The lowest BCUT2D eigenvalue weighted by atomic mass is 10.2. The lowest BCUT2D eigenvalue weighted by Crippen LogP contribution is -2.15. The molecule has 0 saturated carbocycles. The van der Waals surface area contributed by atoms with Crippen LogP contribution < -0.4 is 5.32 Å². The van der Waals surface area contributed by atoms with Crippen LogP contribution in [-0.2, 0) is 9.53 Å². The standard InChI is InChI=1S/C11H23NO2.CH4.H2/c1-3-12-8-6-10-14-9-5-4-7-11(2)13;;/h12H,3-10H2,1-2H3;1H4;1H. The Kier molecular flexibility index (Phi) is 15.4. The summed E-state index contributed by atoms with van der Waals surface area (Å²) in [4.78, 5) is 10.6. The third-order valence-corrected chi connectivity index (χ3v) is 1.96. The van der Waals surface area contributed by atoms with Crippen LogP contribution in [0.4, 0.5) is 0 Å². The zero-order valence-electron chi connectivity index (χ0n) is 9.47. The van der Waals surface area contributed by atoms with Gasteiger partial charge in [0.2, 0.25) is 0 Å². The largest absolute Gasteiger partial charge is 0.381 e. The van der Waals surface area contributed by atoms with E-state index in [4.69, 9.17) is 4.74 Å². The first-order chi connectivity index (χ1) is 6.77. The summed E-state index contributed by atoms with van der Waals surface area (Å²) in [5.41, 5.74) is 0. The summed E-state index contributed by atoms with van der Waals surface area (Å²) >= 11 is 0. The Morgan fingerprint density at radius 3 is 2.53 bits per heavy atom. The van der Waals surface area contributed by atoms with Gasteiger partial charge >= 0.3 is 0 Å². The molecule has 94 valence electrons. The van der Waals surface area contributed by atoms with E-state index in [1.54, 1.807) is 6.92 Å². The minimum Gasteiger partial charge on any atom is -0.381 e. The van der Waals surface area contributed by atoms with Crippen molar-refractivity contribution in [2.75, 3.05) is 26.3 Å². The van der Waals surface area contributed by atoms with Crippen LogP contribution in [-0.4, -0.2) is 32.1 Å². The molecule has 0 aliphatic rings. The van der Waals surface area contributed by atoms with Crippen molar-refractivity contribution in [3.05, 3.63) is 0 Å². The second-order valence-corrected chi connectivity index (χ2v) is 3.48. The molecule has 0 heterocycles. The van der Waals surface area contributed by atoms with Gasteiger partial charge in [-0.2, -0.15) is 0 Å². The van der Waals surface area contributed by atoms with Gasteiger partial charge < -0.3 is 14.8 Å². The highest BCUT2D eigenvalue weighted by atomic mass is 16.5. The Morgan fingerprint density at radius 1 is 1.27 bits per heavy atom. The Morgan fingerprint density at radius 2 is 1.93 bits per heavy atom. The third-order valence-electron chi connectivity index (χ3n) is 1.96. The number of rotatable bonds is 10. The molecule has 0 rings (SSSR count). The summed E-state index contributed by atoms with van der Waals surface area (Å²) < 4.78 is 5.41. The van der Waals surface area contributed by atoms with Crippen molar-refractivity contribution in [2.24, 2.45) is 0 Å². The first-order valence-electron chi connectivity index (χ1n) is 5.55. The Labute approximate surface area is 96.1 Å². The highest BCUT2D eigenvalue weighted by Gasteiger charge is 1.93. The van der Waals surface area contributed by atoms with Crippen LogP contribution in [0.3, 0.4) is 0 Å². The molecule has 0 aromatic heterocycles. The summed E-state index contributed by atoms with van der Waals surface area (Å²) in [7, 11) is 0. The molecule has 0 fully saturated rings. The van der Waals surface area contributed by atoms with Crippen LogP contribution in [0.1, 0.15) is 48.4 Å². The van der Waals surface area contributed by atoms with E-state index < -0.39 is 0 Å². The Hall–Kier alpha value is -0.410. The molecule has 0 spiro atoms. The number of hydrogen-bond donors (Lipinski definition) is 1. The summed E-state index contributed by atoms with van der Waals surface area (Å²) in [6.07, 6.45) is 3.73. The van der Waals surface area contributed by atoms with Crippen LogP contribution >= 0.6 is 0 Å². The van der Waals surface area contributed by atoms with Crippen molar-refractivity contribution in [3.8, 4) is 0 Å². The van der Waals surface area contributed by atoms with Crippen LogP contribution in [0.5, 0.6) is 0 Å². The monoisotopic (exact) mass is 219 g/mol. The fourth-order valence-electron chi connectivity index (χ4n) is 1.16. The smallest absolute Gasteiger partial charge is 0.129 e. The number of carbonyl (C=O) groups excluding carboxylic acids is 1. The second-order valence-electron chi connectivity index (χ2n) is 3.48. The van der Waals surface area contributed by atoms with E-state index in [1.807, 2.05) is 0 Å². The van der Waals surface area contributed by atoms with Gasteiger partial charge in [0.15, 0.2) is 0 Å². The summed E-state index contributed by atoms with van der Waals surface area (Å²) in [5, 5.41) is 3.24. The molecule has 0 amide bonds. The quantitative estimate of drug-likeness (QED) is 0.574. The van der Waals surface area contributed by atoms with E-state index >= 15 is 0 Å². The van der Waals surface area contributed by atoms with E-state index in [0.29, 0.717) is 6.42 Å². The lowest BCUT2D eigenvalue weighted by Gasteiger charge is -2.03. The molecular weight excluding hydrogens is 190 g/mol. The van der Waals surface area contributed by atoms with Crippen molar-refractivity contribution < 1.29 is 11.0 Å². The van der Waals surface area contributed by atoms with Crippen LogP contribution in [0.25, 0.3) is 0 Å². The molecule has 0 aliphatic carbocycles. The molecular formula is C12H29NO2. The molecule has 3 nitrogen and oxygen atoms in total. The van der Waals surface area contributed by atoms with Crippen LogP contribution in [0.15, 0.2) is 0 Å². The number of ketones is 1. The van der Waals surface area contributed by atoms with E-state index in [1.165, 1.54) is 0 Å². The van der Waals surface area contributed by atoms with Gasteiger partial charge in [-0.25, -0.2) is 0 Å². The fourth-order valence-corrected chi connectivity index (χ4v) is 1.16. The molecule has 3 heteroatoms. The first kappa shape index (κ1) is 17.0. The summed E-state index contributed by atoms with van der Waals surface area (Å²) in [6, 6.07) is 0. The predicted molar refractivity (Wildman–Crippen MR) is 67.4 cm³/mol. The number of hydrogen-bond acceptors (Lipinski definition) is 3. The maximum atomic E-state index is 10.6. The maximum absolute atomic E-state index is 10.6. The number of nitrogens with one attached hydrogen (secondary N) is 1. The minimum absolute atomic E-state index is 0. The van der Waals surface area contributed by atoms with Gasteiger partial charge in [0.05, 0.1) is 0 Å². The number of carbonyl (C=O) groups is 1. The van der Waals surface area contributed by atoms with Crippen molar-refractivity contribution in [3.63, 3.8) is 0 Å². The van der Waals surface area contributed by atoms with Gasteiger partial charge in [-0.05, 0) is 39.3 Å². The fraction of sp³-hybridized carbons (Fsp3) is 0.917. The number of unbranched alkanes of at least 4 members (excludes halogenated alkanes) is 1. The van der Waals surface area contributed by atoms with Gasteiger partial charge in [-0.1, -0.05) is 14.4 Å². The zero-order chi connectivity index (χ0) is 10.6. The van der Waals surface area contributed by atoms with Gasteiger partial charge in [-0.3, -0.25) is 0 Å². The zero-order valence-corrected chi connectivity index (χ0v) is 9.47. The summed E-state index contributed by atoms with van der Waals surface area (Å²) in [6.45, 7) is 7.41. The van der Waals surface area contributed by atoms with Crippen LogP contribution in [0, 0.1) is 0 Å². The van der Waals surface area contributed by atoms with E-state index in [-0.39, 0.29) is 14.6 Å². The van der Waals surface area contributed by atoms with Crippen molar-refractivity contribution in [1.82, 2.24) is 5.32 Å². The van der Waals surface area contributed by atoms with E-state index in [2.05, 4.69) is 12.2 Å². The summed E-state index contributed by atoms with van der Waals surface area (Å²) in [5.74, 6) is 0.275. The molecule has 0 bridgehead atoms. The molecule has 15 heavy (non-hydrogen) atoms. The SMILES string of the molecule is C.CCNCCCOCCCCC(C)=O.[HH]. The van der Waals surface area contributed by atoms with Gasteiger partial charge in [-0.15, -0.1) is 0 Å². The average molecular weight is 219 g/mol. The van der Waals surface area contributed by atoms with Crippen molar-refractivity contribution in [2.45, 2.75) is 47.0 Å². The Balaban J connectivity index is -0.000000845. The second kappa shape index (κ2) is 13.6. The molecule has 0 unspecified atom stereocenters. The van der Waals surface area contributed by atoms with Gasteiger partial charge in [0, 0.05) is 21.1 Å². The minimum atomic E-state index is 0. The number of ether oxygens (including phenoxy) is 1. The molecule has 0 atom stereocenters. The van der Waals surface area contributed by atoms with Crippen LogP contribution in [0.2, 0.25) is 0 Å². The molecule has 0 saturated heterocycles. The van der Waals surface area contributed by atoms with Gasteiger partial charge in [0.1, 0.15) is 5.78 Å². The predicted octanol–water partition coefficient (Wildman–Crippen LogP) is 2.64. The lowest BCUT2D eigenvalue weighted by molar-refractivity contribution is -0.117.